The highest BCUT2D eigenvalue weighted by molar-refractivity contribution is 5.79. The lowest BCUT2D eigenvalue weighted by atomic mass is 10.6. The van der Waals surface area contributed by atoms with E-state index in [1.165, 1.54) is 6.42 Å². The molecule has 0 radical (unpaired) electrons. The van der Waals surface area contributed by atoms with Crippen LogP contribution in [0.5, 0.6) is 0 Å². The van der Waals surface area contributed by atoms with E-state index in [1.54, 1.807) is 0 Å². The van der Waals surface area contributed by atoms with Crippen LogP contribution in [0.1, 0.15) is 20.3 Å². The Bertz CT molecular complexity index is 231. The lowest BCUT2D eigenvalue weighted by molar-refractivity contribution is -0.132. The summed E-state index contributed by atoms with van der Waals surface area (Å²) < 4.78 is 0. The first-order valence-electron chi connectivity index (χ1n) is 6.13. The fourth-order valence-electron chi connectivity index (χ4n) is 0. The van der Waals surface area contributed by atoms with Crippen LogP contribution in [-0.4, -0.2) is 69.9 Å². The summed E-state index contributed by atoms with van der Waals surface area (Å²) in [5.74, 6) is -2.94. The molecule has 9 heteroatoms. The third-order valence-electron chi connectivity index (χ3n) is 0.524. The van der Waals surface area contributed by atoms with Crippen molar-refractivity contribution in [2.24, 2.45) is 0 Å². The van der Waals surface area contributed by atoms with Gasteiger partial charge in [-0.1, -0.05) is 40.0 Å². The number of aliphatic hydroxyl groups is 3. The molecule has 0 aliphatic carbocycles. The summed E-state index contributed by atoms with van der Waals surface area (Å²) >= 11 is 0. The van der Waals surface area contributed by atoms with Gasteiger partial charge in [-0.15, -0.1) is 0 Å². The van der Waals surface area contributed by atoms with Crippen molar-refractivity contribution < 1.29 is 45.0 Å². The molecule has 9 nitrogen and oxygen atoms in total. The van der Waals surface area contributed by atoms with Crippen LogP contribution < -0.4 is 0 Å². The van der Waals surface area contributed by atoms with Crippen molar-refractivity contribution in [1.82, 2.24) is 0 Å². The van der Waals surface area contributed by atoms with Gasteiger partial charge < -0.3 is 30.6 Å². The van der Waals surface area contributed by atoms with E-state index in [0.29, 0.717) is 0 Å². The molecule has 0 aromatic rings. The zero-order chi connectivity index (χ0) is 21.6. The fourth-order valence-corrected chi connectivity index (χ4v) is 0. The molecular formula is C15H32O9. The summed E-state index contributed by atoms with van der Waals surface area (Å²) in [6.07, 6.45) is 3.75. The number of rotatable bonds is 3. The maximum absolute atomic E-state index is 9.25. The van der Waals surface area contributed by atoms with Crippen molar-refractivity contribution in [3.8, 4) is 0 Å². The Hall–Kier alpha value is -2.49. The Balaban J connectivity index is -0.0000000293. The Labute approximate surface area is 143 Å². The van der Waals surface area contributed by atoms with E-state index in [2.05, 4.69) is 33.6 Å². The second-order valence-electron chi connectivity index (χ2n) is 2.33. The minimum absolute atomic E-state index is 0.833. The lowest BCUT2D eigenvalue weighted by Gasteiger charge is -1.64. The number of aliphatic hydroxyl groups excluding tert-OH is 3. The van der Waals surface area contributed by atoms with Crippen molar-refractivity contribution in [1.29, 1.82) is 0 Å². The molecule has 0 rings (SSSR count). The van der Waals surface area contributed by atoms with E-state index in [9.17, 15) is 14.4 Å². The predicted octanol–water partition coefficient (Wildman–Crippen LogP) is 1.01. The maximum Gasteiger partial charge on any atom is 0.327 e. The van der Waals surface area contributed by atoms with Crippen LogP contribution in [0.15, 0.2) is 38.0 Å². The van der Waals surface area contributed by atoms with Crippen molar-refractivity contribution in [3.63, 3.8) is 0 Å². The smallest absolute Gasteiger partial charge is 0.327 e. The Morgan fingerprint density at radius 3 is 0.667 bits per heavy atom. The number of carbonyl (C=O) groups is 3. The van der Waals surface area contributed by atoms with E-state index in [4.69, 9.17) is 30.6 Å². The van der Waals surface area contributed by atoms with Gasteiger partial charge in [0.1, 0.15) is 0 Å². The predicted molar refractivity (Wildman–Crippen MR) is 93.9 cm³/mol. The van der Waals surface area contributed by atoms with Gasteiger partial charge in [0.2, 0.25) is 0 Å². The van der Waals surface area contributed by atoms with E-state index in [1.807, 2.05) is 0 Å². The van der Waals surface area contributed by atoms with Gasteiger partial charge in [0.25, 0.3) is 0 Å². The Morgan fingerprint density at radius 2 is 0.667 bits per heavy atom. The molecule has 0 heterocycles. The molecule has 0 aliphatic rings. The molecule has 0 atom stereocenters. The fraction of sp³-hybridized carbons (Fsp3) is 0.400. The van der Waals surface area contributed by atoms with Gasteiger partial charge in [-0.05, 0) is 0 Å². The molecule has 0 saturated heterocycles. The normalized spacial score (nSPS) is 5.50. The van der Waals surface area contributed by atoms with Crippen LogP contribution in [0.3, 0.4) is 0 Å². The first-order chi connectivity index (χ1) is 11.2. The van der Waals surface area contributed by atoms with Crippen LogP contribution in [0, 0.1) is 0 Å². The van der Waals surface area contributed by atoms with Gasteiger partial charge in [-0.3, -0.25) is 0 Å². The number of carboxylic acids is 3. The second-order valence-corrected chi connectivity index (χ2v) is 2.33. The molecule has 0 bridgehead atoms. The number of carboxylic acid groups (broad SMARTS) is 3. The molecule has 0 saturated carbocycles. The van der Waals surface area contributed by atoms with Gasteiger partial charge in [0.05, 0.1) is 0 Å². The molecular weight excluding hydrogens is 324 g/mol. The maximum atomic E-state index is 9.25. The summed E-state index contributed by atoms with van der Waals surface area (Å²) in [6.45, 7) is 13.1. The quantitative estimate of drug-likeness (QED) is 0.403. The number of hydrogen-bond donors (Lipinski definition) is 6. The standard InChI is InChI=1S/3C3H4O2.C3H8.3CH4O/c3*1-2-3(4)5;1-3-2;3*1-2/h3*2H,1H2,(H,4,5);3H2,1-2H3;3*2H,1H3. The molecule has 0 fully saturated rings. The highest BCUT2D eigenvalue weighted by atomic mass is 16.4. The monoisotopic (exact) mass is 356 g/mol. The van der Waals surface area contributed by atoms with Crippen molar-refractivity contribution in [2.75, 3.05) is 21.3 Å². The van der Waals surface area contributed by atoms with E-state index in [0.717, 1.165) is 39.6 Å². The summed E-state index contributed by atoms with van der Waals surface area (Å²) in [6, 6.07) is 0. The zero-order valence-electron chi connectivity index (χ0n) is 15.0. The highest BCUT2D eigenvalue weighted by Crippen LogP contribution is 1.56. The van der Waals surface area contributed by atoms with Crippen molar-refractivity contribution in [2.45, 2.75) is 20.3 Å². The van der Waals surface area contributed by atoms with Gasteiger partial charge in [-0.2, -0.15) is 0 Å². The van der Waals surface area contributed by atoms with Gasteiger partial charge in [0, 0.05) is 39.6 Å². The van der Waals surface area contributed by atoms with Crippen LogP contribution >= 0.6 is 0 Å². The highest BCUT2D eigenvalue weighted by Gasteiger charge is 1.74. The van der Waals surface area contributed by atoms with E-state index >= 15 is 0 Å². The average molecular weight is 356 g/mol. The first kappa shape index (κ1) is 43.0. The zero-order valence-corrected chi connectivity index (χ0v) is 15.0. The molecule has 6 N–H and O–H groups in total. The van der Waals surface area contributed by atoms with Crippen molar-refractivity contribution >= 4 is 17.9 Å². The number of aliphatic carboxylic acids is 3. The molecule has 0 unspecified atom stereocenters. The number of hydrogen-bond acceptors (Lipinski definition) is 6. The van der Waals surface area contributed by atoms with Crippen LogP contribution in [0.4, 0.5) is 0 Å². The molecule has 0 aromatic heterocycles. The minimum atomic E-state index is -0.981. The Morgan fingerprint density at radius 1 is 0.625 bits per heavy atom. The van der Waals surface area contributed by atoms with Crippen LogP contribution in [0.2, 0.25) is 0 Å². The summed E-state index contributed by atoms with van der Waals surface area (Å²) in [5.41, 5.74) is 0. The molecule has 0 amide bonds. The summed E-state index contributed by atoms with van der Waals surface area (Å²) in [7, 11) is 3.00. The van der Waals surface area contributed by atoms with Crippen LogP contribution in [0.25, 0.3) is 0 Å². The topological polar surface area (TPSA) is 173 Å². The SMILES string of the molecule is C=CC(=O)O.C=CC(=O)O.C=CC(=O)O.CCC.CO.CO.CO. The molecule has 0 aromatic carbocycles. The molecule has 24 heavy (non-hydrogen) atoms. The first-order valence-corrected chi connectivity index (χ1v) is 6.13. The summed E-state index contributed by atoms with van der Waals surface area (Å²) in [4.78, 5) is 27.8. The van der Waals surface area contributed by atoms with Gasteiger partial charge >= 0.3 is 17.9 Å². The lowest BCUT2D eigenvalue weighted by Crippen LogP contribution is -1.82. The minimum Gasteiger partial charge on any atom is -0.478 e. The molecule has 0 spiro atoms. The third kappa shape index (κ3) is 543. The molecule has 0 aliphatic heterocycles. The van der Waals surface area contributed by atoms with Crippen LogP contribution in [-0.2, 0) is 14.4 Å². The van der Waals surface area contributed by atoms with Gasteiger partial charge in [-0.25, -0.2) is 14.4 Å². The summed E-state index contributed by atoms with van der Waals surface area (Å²) in [5, 5.41) is 43.8. The average Bonchev–Trinajstić information content (AvgIpc) is 2.61. The van der Waals surface area contributed by atoms with Gasteiger partial charge in [0.15, 0.2) is 0 Å². The molecule has 146 valence electrons. The largest absolute Gasteiger partial charge is 0.478 e. The second kappa shape index (κ2) is 70.7. The third-order valence-corrected chi connectivity index (χ3v) is 0.524. The van der Waals surface area contributed by atoms with E-state index in [-0.39, 0.29) is 0 Å². The van der Waals surface area contributed by atoms with E-state index < -0.39 is 17.9 Å². The van der Waals surface area contributed by atoms with Crippen molar-refractivity contribution in [3.05, 3.63) is 38.0 Å². The Kier molecular flexibility index (Phi) is 127.